The molecule has 4 heteroatoms. The molecule has 1 atom stereocenters. The van der Waals surface area contributed by atoms with Gasteiger partial charge in [0.25, 0.3) is 0 Å². The third-order valence-electron chi connectivity index (χ3n) is 1.18. The van der Waals surface area contributed by atoms with Crippen LogP contribution in [0.2, 0.25) is 0 Å². The molecule has 0 aliphatic rings. The van der Waals surface area contributed by atoms with Crippen molar-refractivity contribution in [3.05, 3.63) is 12.2 Å². The normalized spacial score (nSPS) is 12.5. The minimum Gasteiger partial charge on any atom is -0.478 e. The van der Waals surface area contributed by atoms with E-state index in [-0.39, 0.29) is 5.57 Å². The van der Waals surface area contributed by atoms with E-state index in [0.29, 0.717) is 17.5 Å². The van der Waals surface area contributed by atoms with Gasteiger partial charge in [0.05, 0.1) is 0 Å². The Hall–Kier alpha value is -0.480. The molecule has 0 radical (unpaired) electrons. The summed E-state index contributed by atoms with van der Waals surface area (Å²) in [5.41, 5.74) is 5.57. The van der Waals surface area contributed by atoms with E-state index in [1.807, 2.05) is 6.92 Å². The van der Waals surface area contributed by atoms with Crippen molar-refractivity contribution in [3.63, 3.8) is 0 Å². The summed E-state index contributed by atoms with van der Waals surface area (Å²) in [7, 11) is 0. The summed E-state index contributed by atoms with van der Waals surface area (Å²) in [5.74, 6) is -0.477. The highest BCUT2D eigenvalue weighted by Gasteiger charge is 2.06. The lowest BCUT2D eigenvalue weighted by molar-refractivity contribution is -0.132. The molecule has 11 heavy (non-hydrogen) atoms. The molecule has 64 valence electrons. The highest BCUT2D eigenvalue weighted by molar-refractivity contribution is 8.00. The number of rotatable bonds is 5. The first-order valence-corrected chi connectivity index (χ1v) is 4.35. The zero-order chi connectivity index (χ0) is 8.85. The van der Waals surface area contributed by atoms with Crippen molar-refractivity contribution in [1.82, 2.24) is 0 Å². The van der Waals surface area contributed by atoms with E-state index in [9.17, 15) is 4.79 Å². The molecule has 1 unspecified atom stereocenters. The molecule has 0 amide bonds. The van der Waals surface area contributed by atoms with Crippen molar-refractivity contribution in [3.8, 4) is 0 Å². The Morgan fingerprint density at radius 2 is 2.36 bits per heavy atom. The molecule has 0 rings (SSSR count). The second-order valence-electron chi connectivity index (χ2n) is 2.27. The summed E-state index contributed by atoms with van der Waals surface area (Å²) in [6.45, 7) is 5.92. The van der Waals surface area contributed by atoms with Gasteiger partial charge in [-0.25, -0.2) is 4.79 Å². The van der Waals surface area contributed by atoms with Crippen LogP contribution in [0.3, 0.4) is 0 Å². The summed E-state index contributed by atoms with van der Waals surface area (Å²) < 4.78 is 0. The lowest BCUT2D eigenvalue weighted by Gasteiger charge is -2.06. The Kier molecular flexibility index (Phi) is 4.98. The topological polar surface area (TPSA) is 63.3 Å². The highest BCUT2D eigenvalue weighted by Crippen LogP contribution is 2.12. The molecule has 0 aliphatic carbocycles. The fourth-order valence-corrected chi connectivity index (χ4v) is 1.12. The third-order valence-corrected chi connectivity index (χ3v) is 2.45. The van der Waals surface area contributed by atoms with Crippen LogP contribution in [-0.4, -0.2) is 28.6 Å². The van der Waals surface area contributed by atoms with Gasteiger partial charge in [-0.05, 0) is 0 Å². The standard InChI is InChI=1S/C7H13NO2S/c1-5(7(9)10)4-11-6(2)3-8/h6H,1,3-4,8H2,2H3,(H,9,10). The van der Waals surface area contributed by atoms with Crippen molar-refractivity contribution < 1.29 is 9.90 Å². The third kappa shape index (κ3) is 4.86. The SMILES string of the molecule is C=C(CSC(C)CN)C(=O)O. The van der Waals surface area contributed by atoms with E-state index in [2.05, 4.69) is 6.58 Å². The zero-order valence-corrected chi connectivity index (χ0v) is 7.36. The molecule has 0 aliphatic heterocycles. The van der Waals surface area contributed by atoms with Gasteiger partial charge in [0.15, 0.2) is 0 Å². The summed E-state index contributed by atoms with van der Waals surface area (Å²) in [6, 6.07) is 0. The maximum atomic E-state index is 10.3. The maximum Gasteiger partial charge on any atom is 0.331 e. The van der Waals surface area contributed by atoms with Crippen LogP contribution in [0.1, 0.15) is 6.92 Å². The maximum absolute atomic E-state index is 10.3. The number of carbonyl (C=O) groups is 1. The average molecular weight is 175 g/mol. The van der Waals surface area contributed by atoms with Gasteiger partial charge in [0, 0.05) is 23.1 Å². The van der Waals surface area contributed by atoms with Crippen LogP contribution in [0, 0.1) is 0 Å². The van der Waals surface area contributed by atoms with Gasteiger partial charge >= 0.3 is 5.97 Å². The second kappa shape index (κ2) is 5.21. The number of thioether (sulfide) groups is 1. The Balaban J connectivity index is 3.54. The first-order valence-electron chi connectivity index (χ1n) is 3.30. The molecule has 0 heterocycles. The summed E-state index contributed by atoms with van der Waals surface area (Å²) in [6.07, 6.45) is 0. The van der Waals surface area contributed by atoms with Gasteiger partial charge in [0.2, 0.25) is 0 Å². The van der Waals surface area contributed by atoms with E-state index < -0.39 is 5.97 Å². The van der Waals surface area contributed by atoms with Gasteiger partial charge in [0.1, 0.15) is 0 Å². The number of hydrogen-bond donors (Lipinski definition) is 2. The highest BCUT2D eigenvalue weighted by atomic mass is 32.2. The fourth-order valence-electron chi connectivity index (χ4n) is 0.373. The van der Waals surface area contributed by atoms with Crippen molar-refractivity contribution in [2.24, 2.45) is 5.73 Å². The van der Waals surface area contributed by atoms with Gasteiger partial charge < -0.3 is 10.8 Å². The van der Waals surface area contributed by atoms with Crippen LogP contribution in [0.15, 0.2) is 12.2 Å². The molecule has 3 N–H and O–H groups in total. The van der Waals surface area contributed by atoms with Crippen LogP contribution in [-0.2, 0) is 4.79 Å². The summed E-state index contributed by atoms with van der Waals surface area (Å²) in [5, 5.41) is 8.72. The molecule has 0 fully saturated rings. The summed E-state index contributed by atoms with van der Waals surface area (Å²) >= 11 is 1.51. The van der Waals surface area contributed by atoms with Crippen LogP contribution in [0.5, 0.6) is 0 Å². The molecule has 0 bridgehead atoms. The Morgan fingerprint density at radius 3 is 2.73 bits per heavy atom. The quantitative estimate of drug-likeness (QED) is 0.604. The molecule has 0 aromatic rings. The molecule has 0 saturated heterocycles. The number of hydrogen-bond acceptors (Lipinski definition) is 3. The number of aliphatic carboxylic acids is 1. The molecule has 0 aromatic carbocycles. The minimum atomic E-state index is -0.929. The van der Waals surface area contributed by atoms with Crippen molar-refractivity contribution in [2.45, 2.75) is 12.2 Å². The van der Waals surface area contributed by atoms with Gasteiger partial charge in [-0.1, -0.05) is 13.5 Å². The number of carboxylic acids is 1. The Labute approximate surface area is 70.7 Å². The van der Waals surface area contributed by atoms with E-state index in [1.54, 1.807) is 0 Å². The minimum absolute atomic E-state index is 0.232. The molecule has 3 nitrogen and oxygen atoms in total. The number of nitrogens with two attached hydrogens (primary N) is 1. The molecule has 0 aromatic heterocycles. The van der Waals surface area contributed by atoms with E-state index in [0.717, 1.165) is 0 Å². The monoisotopic (exact) mass is 175 g/mol. The van der Waals surface area contributed by atoms with Crippen molar-refractivity contribution in [1.29, 1.82) is 0 Å². The first-order chi connectivity index (χ1) is 5.07. The summed E-state index contributed by atoms with van der Waals surface area (Å²) in [4.78, 5) is 10.3. The smallest absolute Gasteiger partial charge is 0.331 e. The molecule has 0 saturated carbocycles. The zero-order valence-electron chi connectivity index (χ0n) is 6.54. The Bertz CT molecular complexity index is 159. The van der Waals surface area contributed by atoms with Crippen LogP contribution >= 0.6 is 11.8 Å². The molecule has 0 spiro atoms. The van der Waals surface area contributed by atoms with Crippen LogP contribution < -0.4 is 5.73 Å². The molecular formula is C7H13NO2S. The predicted molar refractivity (Wildman–Crippen MR) is 47.8 cm³/mol. The van der Waals surface area contributed by atoms with Gasteiger partial charge in [-0.3, -0.25) is 0 Å². The first kappa shape index (κ1) is 10.5. The fraction of sp³-hybridized carbons (Fsp3) is 0.571. The lowest BCUT2D eigenvalue weighted by Crippen LogP contribution is -2.14. The second-order valence-corrected chi connectivity index (χ2v) is 3.69. The largest absolute Gasteiger partial charge is 0.478 e. The van der Waals surface area contributed by atoms with E-state index in [4.69, 9.17) is 10.8 Å². The van der Waals surface area contributed by atoms with E-state index in [1.165, 1.54) is 11.8 Å². The van der Waals surface area contributed by atoms with Gasteiger partial charge in [-0.15, -0.1) is 0 Å². The van der Waals surface area contributed by atoms with Gasteiger partial charge in [-0.2, -0.15) is 11.8 Å². The number of carboxylic acid groups (broad SMARTS) is 1. The van der Waals surface area contributed by atoms with Crippen molar-refractivity contribution >= 4 is 17.7 Å². The van der Waals surface area contributed by atoms with Crippen LogP contribution in [0.4, 0.5) is 0 Å². The molecular weight excluding hydrogens is 162 g/mol. The van der Waals surface area contributed by atoms with Crippen LogP contribution in [0.25, 0.3) is 0 Å². The lowest BCUT2D eigenvalue weighted by atomic mass is 10.4. The Morgan fingerprint density at radius 1 is 1.82 bits per heavy atom. The predicted octanol–water partition coefficient (Wildman–Crippen LogP) is 0.708. The average Bonchev–Trinajstić information content (AvgIpc) is 1.99. The van der Waals surface area contributed by atoms with E-state index >= 15 is 0 Å². The van der Waals surface area contributed by atoms with Crippen molar-refractivity contribution in [2.75, 3.05) is 12.3 Å².